The zero-order valence-electron chi connectivity index (χ0n) is 19.6. The van der Waals surface area contributed by atoms with Gasteiger partial charge in [0.15, 0.2) is 0 Å². The second-order valence-electron chi connectivity index (χ2n) is 7.88. The van der Waals surface area contributed by atoms with Gasteiger partial charge in [0.05, 0.1) is 16.1 Å². The van der Waals surface area contributed by atoms with Crippen LogP contribution in [-0.2, 0) is 22.8 Å². The molecule has 1 N–H and O–H groups in total. The first-order valence-electron chi connectivity index (χ1n) is 11.2. The number of anilines is 1. The van der Waals surface area contributed by atoms with Crippen molar-refractivity contribution in [2.75, 3.05) is 5.43 Å². The molecule has 0 saturated heterocycles. The minimum absolute atomic E-state index is 0.0181. The number of alkyl halides is 3. The van der Waals surface area contributed by atoms with Crippen molar-refractivity contribution in [2.45, 2.75) is 17.7 Å². The summed E-state index contributed by atoms with van der Waals surface area (Å²) in [6, 6.07) is 26.1. The molecule has 0 radical (unpaired) electrons. The highest BCUT2D eigenvalue weighted by Crippen LogP contribution is 2.30. The molecule has 0 heterocycles. The van der Waals surface area contributed by atoms with Gasteiger partial charge in [0.2, 0.25) is 0 Å². The summed E-state index contributed by atoms with van der Waals surface area (Å²) in [6.45, 7) is 0.320. The van der Waals surface area contributed by atoms with E-state index in [1.165, 1.54) is 24.3 Å². The summed E-state index contributed by atoms with van der Waals surface area (Å²) in [6.07, 6.45) is -5.98. The van der Waals surface area contributed by atoms with E-state index in [1.807, 2.05) is 30.3 Å². The number of carbonyl (C=O) groups is 1. The Kier molecular flexibility index (Phi) is 7.87. The normalized spacial score (nSPS) is 11.4. The smallest absolute Gasteiger partial charge is 0.449 e. The monoisotopic (exact) mass is 542 g/mol. The van der Waals surface area contributed by atoms with E-state index in [9.17, 15) is 26.4 Å². The predicted octanol–water partition coefficient (Wildman–Crippen LogP) is 6.50. The third kappa shape index (κ3) is 6.62. The van der Waals surface area contributed by atoms with Crippen molar-refractivity contribution in [3.05, 3.63) is 120 Å². The highest BCUT2D eigenvalue weighted by atomic mass is 32.2. The van der Waals surface area contributed by atoms with Gasteiger partial charge in [-0.05, 0) is 66.2 Å². The number of hydrogen-bond acceptors (Lipinski definition) is 6. The van der Waals surface area contributed by atoms with Crippen molar-refractivity contribution >= 4 is 21.8 Å². The van der Waals surface area contributed by atoms with Crippen molar-refractivity contribution in [2.24, 2.45) is 0 Å². The van der Waals surface area contributed by atoms with Crippen molar-refractivity contribution < 1.29 is 35.9 Å². The molecule has 0 aliphatic carbocycles. The SMILES string of the molecule is O=C(Oc1ccc(OCc2ccccc2)cc1)N(Nc1ccccc1)S(=O)(=O)c1ccc(C(F)(F)F)cc1. The van der Waals surface area contributed by atoms with Gasteiger partial charge in [-0.25, -0.2) is 4.79 Å². The average Bonchev–Trinajstić information content (AvgIpc) is 2.92. The lowest BCUT2D eigenvalue weighted by Crippen LogP contribution is -2.43. The van der Waals surface area contributed by atoms with Crippen molar-refractivity contribution in [3.8, 4) is 11.5 Å². The Morgan fingerprint density at radius 1 is 0.763 bits per heavy atom. The van der Waals surface area contributed by atoms with Crippen LogP contribution in [0.5, 0.6) is 11.5 Å². The van der Waals surface area contributed by atoms with Gasteiger partial charge < -0.3 is 9.47 Å². The standard InChI is InChI=1S/C27H21F3N2O5S/c28-27(29,30)21-11-17-25(18-12-21)38(34,35)32(31-22-9-5-2-6-10-22)26(33)37-24-15-13-23(14-16-24)36-19-20-7-3-1-4-8-20/h1-18,31H,19H2. The molecule has 4 rings (SSSR count). The molecule has 0 bridgehead atoms. The van der Waals surface area contributed by atoms with E-state index in [0.717, 1.165) is 17.7 Å². The molecule has 0 aliphatic rings. The van der Waals surface area contributed by atoms with Crippen LogP contribution in [0.3, 0.4) is 0 Å². The molecule has 196 valence electrons. The van der Waals surface area contributed by atoms with E-state index in [4.69, 9.17) is 9.47 Å². The summed E-state index contributed by atoms with van der Waals surface area (Å²) in [5.41, 5.74) is 2.61. The van der Waals surface area contributed by atoms with Gasteiger partial charge in [-0.3, -0.25) is 5.43 Å². The fraction of sp³-hybridized carbons (Fsp3) is 0.0741. The van der Waals surface area contributed by atoms with E-state index in [1.54, 1.807) is 30.3 Å². The van der Waals surface area contributed by atoms with Crippen LogP contribution in [-0.4, -0.2) is 18.9 Å². The minimum Gasteiger partial charge on any atom is -0.489 e. The summed E-state index contributed by atoms with van der Waals surface area (Å²) in [5.74, 6) is 0.509. The molecule has 4 aromatic carbocycles. The third-order valence-electron chi connectivity index (χ3n) is 5.17. The zero-order chi connectivity index (χ0) is 27.2. The predicted molar refractivity (Wildman–Crippen MR) is 134 cm³/mol. The van der Waals surface area contributed by atoms with Crippen LogP contribution in [0.1, 0.15) is 11.1 Å². The first kappa shape index (κ1) is 26.6. The molecule has 4 aromatic rings. The van der Waals surface area contributed by atoms with Crippen LogP contribution >= 0.6 is 0 Å². The van der Waals surface area contributed by atoms with Gasteiger partial charge in [-0.2, -0.15) is 21.6 Å². The molecule has 0 fully saturated rings. The maximum absolute atomic E-state index is 13.3. The fourth-order valence-corrected chi connectivity index (χ4v) is 4.39. The maximum Gasteiger partial charge on any atom is 0.449 e. The Morgan fingerprint density at radius 3 is 1.89 bits per heavy atom. The molecule has 1 amide bonds. The van der Waals surface area contributed by atoms with Crippen LogP contribution < -0.4 is 14.9 Å². The van der Waals surface area contributed by atoms with Gasteiger partial charge in [-0.15, -0.1) is 4.41 Å². The number of nitrogens with zero attached hydrogens (tertiary/aromatic N) is 1. The molecule has 0 spiro atoms. The van der Waals surface area contributed by atoms with Crippen LogP contribution in [0, 0.1) is 0 Å². The summed E-state index contributed by atoms with van der Waals surface area (Å²) < 4.78 is 76.5. The zero-order valence-corrected chi connectivity index (χ0v) is 20.4. The molecule has 0 saturated carbocycles. The van der Waals surface area contributed by atoms with Gasteiger partial charge in [0, 0.05) is 0 Å². The van der Waals surface area contributed by atoms with E-state index in [2.05, 4.69) is 5.43 Å². The van der Waals surface area contributed by atoms with E-state index in [0.29, 0.717) is 24.5 Å². The van der Waals surface area contributed by atoms with Crippen LogP contribution in [0.15, 0.2) is 114 Å². The first-order chi connectivity index (χ1) is 18.1. The Labute approximate surface area is 217 Å². The van der Waals surface area contributed by atoms with Crippen LogP contribution in [0.4, 0.5) is 23.7 Å². The largest absolute Gasteiger partial charge is 0.489 e. The number of hydrogen-bond donors (Lipinski definition) is 1. The molecular formula is C27H21F3N2O5S. The van der Waals surface area contributed by atoms with Crippen molar-refractivity contribution in [1.82, 2.24) is 4.41 Å². The third-order valence-corrected chi connectivity index (χ3v) is 6.76. The van der Waals surface area contributed by atoms with Gasteiger partial charge in [-0.1, -0.05) is 48.5 Å². The first-order valence-corrected chi connectivity index (χ1v) is 12.6. The lowest BCUT2D eigenvalue weighted by molar-refractivity contribution is -0.137. The Bertz CT molecular complexity index is 1460. The number of sulfonamides is 1. The topological polar surface area (TPSA) is 84.9 Å². The van der Waals surface area contributed by atoms with Gasteiger partial charge in [0.1, 0.15) is 18.1 Å². The maximum atomic E-state index is 13.3. The number of halogens is 3. The molecule has 0 unspecified atom stereocenters. The molecule has 0 aliphatic heterocycles. The van der Waals surface area contributed by atoms with Crippen molar-refractivity contribution in [3.63, 3.8) is 0 Å². The number of carbonyl (C=O) groups excluding carboxylic acids is 1. The number of nitrogens with one attached hydrogen (secondary N) is 1. The van der Waals surface area contributed by atoms with E-state index in [-0.39, 0.29) is 15.9 Å². The summed E-state index contributed by atoms with van der Waals surface area (Å²) in [4.78, 5) is 12.5. The Hall–Kier alpha value is -4.51. The number of benzene rings is 4. The lowest BCUT2D eigenvalue weighted by Gasteiger charge is -2.23. The summed E-state index contributed by atoms with van der Waals surface area (Å²) in [7, 11) is -4.67. The molecule has 38 heavy (non-hydrogen) atoms. The average molecular weight is 543 g/mol. The second kappa shape index (κ2) is 11.3. The summed E-state index contributed by atoms with van der Waals surface area (Å²) in [5, 5.41) is 0. The lowest BCUT2D eigenvalue weighted by atomic mass is 10.2. The highest BCUT2D eigenvalue weighted by molar-refractivity contribution is 7.89. The van der Waals surface area contributed by atoms with Gasteiger partial charge in [0.25, 0.3) is 10.0 Å². The number of rotatable bonds is 8. The highest BCUT2D eigenvalue weighted by Gasteiger charge is 2.34. The van der Waals surface area contributed by atoms with E-state index >= 15 is 0 Å². The number of hydrazine groups is 1. The minimum atomic E-state index is -4.67. The molecule has 0 aromatic heterocycles. The van der Waals surface area contributed by atoms with Crippen molar-refractivity contribution in [1.29, 1.82) is 0 Å². The molecule has 7 nitrogen and oxygen atoms in total. The molecule has 11 heteroatoms. The van der Waals surface area contributed by atoms with E-state index < -0.39 is 32.8 Å². The van der Waals surface area contributed by atoms with Gasteiger partial charge >= 0.3 is 12.3 Å². The number of ether oxygens (including phenoxy) is 2. The number of para-hydroxylation sites is 1. The van der Waals surface area contributed by atoms with Crippen LogP contribution in [0.2, 0.25) is 0 Å². The molecular weight excluding hydrogens is 521 g/mol. The second-order valence-corrected chi connectivity index (χ2v) is 9.67. The molecule has 0 atom stereocenters. The Balaban J connectivity index is 1.53. The Morgan fingerprint density at radius 2 is 1.32 bits per heavy atom. The summed E-state index contributed by atoms with van der Waals surface area (Å²) >= 11 is 0. The number of amides is 1. The van der Waals surface area contributed by atoms with Crippen LogP contribution in [0.25, 0.3) is 0 Å². The fourth-order valence-electron chi connectivity index (χ4n) is 3.24. The quantitative estimate of drug-likeness (QED) is 0.256.